The van der Waals surface area contributed by atoms with E-state index in [4.69, 9.17) is 24.0 Å². The van der Waals surface area contributed by atoms with Gasteiger partial charge >= 0.3 is 7.82 Å². The van der Waals surface area contributed by atoms with Crippen LogP contribution in [0.1, 0.15) is 97.3 Å². The van der Waals surface area contributed by atoms with E-state index in [1.165, 1.54) is 89.2 Å². The van der Waals surface area contributed by atoms with Gasteiger partial charge in [-0.15, -0.1) is 0 Å². The van der Waals surface area contributed by atoms with Gasteiger partial charge in [0.1, 0.15) is 0 Å². The van der Waals surface area contributed by atoms with E-state index in [0.29, 0.717) is 0 Å². The molecule has 0 spiro atoms. The molecular formula is C21H47O6PS. The summed E-state index contributed by atoms with van der Waals surface area (Å²) < 4.78 is 14.1. The van der Waals surface area contributed by atoms with Crippen LogP contribution in [0.3, 0.4) is 0 Å². The molecule has 0 amide bonds. The minimum atomic E-state index is -4.64. The van der Waals surface area contributed by atoms with Crippen LogP contribution in [-0.2, 0) is 9.30 Å². The predicted molar refractivity (Wildman–Crippen MR) is 124 cm³/mol. The zero-order chi connectivity index (χ0) is 22.4. The minimum absolute atomic E-state index is 0.0107. The first kappa shape index (κ1) is 31.6. The number of methoxy groups -OCH3 is 1. The zero-order valence-electron chi connectivity index (χ0n) is 18.9. The van der Waals surface area contributed by atoms with E-state index in [1.54, 1.807) is 7.11 Å². The smallest absolute Gasteiger partial charge is 0.394 e. The molecule has 178 valence electrons. The Kier molecular flexibility index (Phi) is 25.1. The highest BCUT2D eigenvalue weighted by Crippen LogP contribution is 2.26. The number of aliphatic hydroxyl groups excluding tert-OH is 1. The number of rotatable bonds is 19. The van der Waals surface area contributed by atoms with Crippen molar-refractivity contribution in [2.24, 2.45) is 5.92 Å². The lowest BCUT2D eigenvalue weighted by atomic mass is 9.92. The van der Waals surface area contributed by atoms with Gasteiger partial charge in [-0.1, -0.05) is 90.9 Å². The third-order valence-electron chi connectivity index (χ3n) is 4.94. The highest BCUT2D eigenvalue weighted by molar-refractivity contribution is 7.99. The van der Waals surface area contributed by atoms with Crippen molar-refractivity contribution in [1.29, 1.82) is 0 Å². The molecule has 0 bridgehead atoms. The number of ether oxygens (including phenoxy) is 1. The van der Waals surface area contributed by atoms with Crippen LogP contribution >= 0.6 is 19.6 Å². The lowest BCUT2D eigenvalue weighted by Gasteiger charge is -2.18. The lowest BCUT2D eigenvalue weighted by molar-refractivity contribution is 0.0656. The van der Waals surface area contributed by atoms with Crippen LogP contribution in [0.2, 0.25) is 0 Å². The van der Waals surface area contributed by atoms with Gasteiger partial charge in [0.25, 0.3) is 0 Å². The van der Waals surface area contributed by atoms with E-state index in [1.807, 2.05) is 11.8 Å². The number of unbranched alkanes of at least 4 members (excludes halogenated alkanes) is 8. The normalized spacial score (nSPS) is 12.7. The monoisotopic (exact) mass is 458 g/mol. The molecule has 0 aromatic heterocycles. The van der Waals surface area contributed by atoms with E-state index in [-0.39, 0.29) is 12.7 Å². The molecule has 0 aliphatic rings. The molecule has 0 heterocycles. The molecule has 8 heteroatoms. The molecule has 0 fully saturated rings. The van der Waals surface area contributed by atoms with Gasteiger partial charge in [-0.3, -0.25) is 0 Å². The molecule has 0 aliphatic heterocycles. The van der Waals surface area contributed by atoms with Crippen molar-refractivity contribution in [2.75, 3.05) is 25.2 Å². The van der Waals surface area contributed by atoms with Gasteiger partial charge in [0, 0.05) is 12.9 Å². The Bertz CT molecular complexity index is 341. The molecular weight excluding hydrogens is 411 g/mol. The summed E-state index contributed by atoms with van der Waals surface area (Å²) in [6.45, 7) is 4.72. The van der Waals surface area contributed by atoms with E-state index < -0.39 is 7.82 Å². The Morgan fingerprint density at radius 3 is 1.66 bits per heavy atom. The SMILES string of the molecule is CCCCCCCC(CCCCCCC)CCSCC(CO)OC.O=P(O)(O)O. The summed E-state index contributed by atoms with van der Waals surface area (Å²) in [5.74, 6) is 3.05. The lowest BCUT2D eigenvalue weighted by Crippen LogP contribution is -2.18. The minimum Gasteiger partial charge on any atom is -0.394 e. The first-order valence-corrected chi connectivity index (χ1v) is 14.0. The van der Waals surface area contributed by atoms with Gasteiger partial charge in [0.2, 0.25) is 0 Å². The molecule has 1 atom stereocenters. The fourth-order valence-corrected chi connectivity index (χ4v) is 4.34. The van der Waals surface area contributed by atoms with Gasteiger partial charge < -0.3 is 24.5 Å². The van der Waals surface area contributed by atoms with Gasteiger partial charge in [-0.2, -0.15) is 11.8 Å². The first-order valence-electron chi connectivity index (χ1n) is 11.3. The van der Waals surface area contributed by atoms with Crippen molar-refractivity contribution in [3.63, 3.8) is 0 Å². The molecule has 29 heavy (non-hydrogen) atoms. The molecule has 0 aromatic carbocycles. The summed E-state index contributed by atoms with van der Waals surface area (Å²) >= 11 is 1.95. The van der Waals surface area contributed by atoms with E-state index >= 15 is 0 Å². The molecule has 6 nitrogen and oxygen atoms in total. The van der Waals surface area contributed by atoms with Gasteiger partial charge in [0.15, 0.2) is 0 Å². The molecule has 0 rings (SSSR count). The van der Waals surface area contributed by atoms with Gasteiger partial charge in [-0.25, -0.2) is 4.57 Å². The summed E-state index contributed by atoms with van der Waals surface area (Å²) in [7, 11) is -2.95. The molecule has 4 N–H and O–H groups in total. The maximum atomic E-state index is 9.17. The molecule has 0 aromatic rings. The summed E-state index contributed by atoms with van der Waals surface area (Å²) in [4.78, 5) is 21.6. The molecule has 0 radical (unpaired) electrons. The highest BCUT2D eigenvalue weighted by Gasteiger charge is 2.10. The number of thioether (sulfide) groups is 1. The fraction of sp³-hybridized carbons (Fsp3) is 1.00. The van der Waals surface area contributed by atoms with Gasteiger partial charge in [-0.05, 0) is 18.1 Å². The Labute approximate surface area is 183 Å². The predicted octanol–water partition coefficient (Wildman–Crippen LogP) is 5.53. The average Bonchev–Trinajstić information content (AvgIpc) is 2.65. The number of aliphatic hydroxyl groups is 1. The Hall–Kier alpha value is 0.380. The number of phosphoric acid groups is 1. The quantitative estimate of drug-likeness (QED) is 0.149. The van der Waals surface area contributed by atoms with Crippen molar-refractivity contribution in [2.45, 2.75) is 103 Å². The maximum Gasteiger partial charge on any atom is 0.466 e. The zero-order valence-corrected chi connectivity index (χ0v) is 20.6. The van der Waals surface area contributed by atoms with Crippen LogP contribution in [0.25, 0.3) is 0 Å². The third-order valence-corrected chi connectivity index (χ3v) is 6.07. The maximum absolute atomic E-state index is 9.17. The second-order valence-electron chi connectivity index (χ2n) is 7.69. The van der Waals surface area contributed by atoms with Crippen LogP contribution in [0, 0.1) is 5.92 Å². The summed E-state index contributed by atoms with van der Waals surface area (Å²) in [5.41, 5.74) is 0. The molecule has 0 aliphatic carbocycles. The van der Waals surface area contributed by atoms with Crippen molar-refractivity contribution >= 4 is 19.6 Å². The van der Waals surface area contributed by atoms with E-state index in [9.17, 15) is 5.11 Å². The summed E-state index contributed by atoms with van der Waals surface area (Å²) in [6, 6.07) is 0. The van der Waals surface area contributed by atoms with E-state index in [2.05, 4.69) is 13.8 Å². The Balaban J connectivity index is 0. The number of hydrogen-bond acceptors (Lipinski definition) is 4. The van der Waals surface area contributed by atoms with Crippen molar-refractivity contribution in [1.82, 2.24) is 0 Å². The third kappa shape index (κ3) is 30.7. The van der Waals surface area contributed by atoms with E-state index in [0.717, 1.165) is 11.7 Å². The second kappa shape index (κ2) is 23.1. The number of hydrogen-bond donors (Lipinski definition) is 4. The molecule has 0 saturated carbocycles. The molecule has 0 saturated heterocycles. The van der Waals surface area contributed by atoms with Crippen LogP contribution in [0.4, 0.5) is 0 Å². The van der Waals surface area contributed by atoms with Crippen LogP contribution < -0.4 is 0 Å². The topological polar surface area (TPSA) is 107 Å². The largest absolute Gasteiger partial charge is 0.466 e. The standard InChI is InChI=1S/C21H44O2S.H3O4P/c1-4-6-8-10-12-14-20(15-13-11-9-7-5-2)16-17-24-19-21(18-22)23-3;1-5(2,3)4/h20-22H,4-19H2,1-3H3;(H3,1,2,3,4). The first-order chi connectivity index (χ1) is 13.8. The van der Waals surface area contributed by atoms with Crippen molar-refractivity contribution in [3.8, 4) is 0 Å². The van der Waals surface area contributed by atoms with Crippen molar-refractivity contribution in [3.05, 3.63) is 0 Å². The fourth-order valence-electron chi connectivity index (χ4n) is 3.17. The van der Waals surface area contributed by atoms with Crippen LogP contribution in [-0.4, -0.2) is 51.1 Å². The summed E-state index contributed by atoms with van der Waals surface area (Å²) in [5, 5.41) is 9.17. The Morgan fingerprint density at radius 1 is 0.828 bits per heavy atom. The average molecular weight is 459 g/mol. The van der Waals surface area contributed by atoms with Gasteiger partial charge in [0.05, 0.1) is 12.7 Å². The van der Waals surface area contributed by atoms with Crippen LogP contribution in [0.15, 0.2) is 0 Å². The highest BCUT2D eigenvalue weighted by atomic mass is 32.2. The second-order valence-corrected chi connectivity index (χ2v) is 9.87. The van der Waals surface area contributed by atoms with Crippen LogP contribution in [0.5, 0.6) is 0 Å². The summed E-state index contributed by atoms with van der Waals surface area (Å²) in [6.07, 6.45) is 18.2. The Morgan fingerprint density at radius 2 is 1.28 bits per heavy atom. The van der Waals surface area contributed by atoms with Crippen molar-refractivity contribution < 1.29 is 29.1 Å². The molecule has 1 unspecified atom stereocenters.